The van der Waals surface area contributed by atoms with Crippen molar-refractivity contribution in [2.45, 2.75) is 25.7 Å². The summed E-state index contributed by atoms with van der Waals surface area (Å²) in [6.45, 7) is 4.60. The van der Waals surface area contributed by atoms with Crippen LogP contribution in [0.5, 0.6) is 0 Å². The van der Waals surface area contributed by atoms with Gasteiger partial charge in [0.05, 0.1) is 0 Å². The molecule has 0 heterocycles. The van der Waals surface area contributed by atoms with Crippen LogP contribution in [0.3, 0.4) is 0 Å². The molecule has 0 bridgehead atoms. The van der Waals surface area contributed by atoms with Gasteiger partial charge in [0, 0.05) is 28.8 Å². The second-order valence-electron chi connectivity index (χ2n) is 7.12. The molecule has 0 radical (unpaired) electrons. The number of hydrogen-bond acceptors (Lipinski definition) is 5. The van der Waals surface area contributed by atoms with Crippen molar-refractivity contribution in [2.75, 3.05) is 6.54 Å². The average Bonchev–Trinajstić information content (AvgIpc) is 2.68. The van der Waals surface area contributed by atoms with Crippen molar-refractivity contribution in [1.29, 1.82) is 0 Å². The van der Waals surface area contributed by atoms with Crippen molar-refractivity contribution in [3.63, 3.8) is 0 Å². The zero-order valence-electron chi connectivity index (χ0n) is 15.3. The van der Waals surface area contributed by atoms with E-state index in [1.807, 2.05) is 31.4 Å². The number of ketones is 2. The highest BCUT2D eigenvalue weighted by atomic mass is 16.2. The summed E-state index contributed by atoms with van der Waals surface area (Å²) < 4.78 is 0. The Hall–Kier alpha value is -3.03. The normalized spacial score (nSPS) is 13.0. The lowest BCUT2D eigenvalue weighted by Gasteiger charge is -2.27. The van der Waals surface area contributed by atoms with E-state index in [1.165, 1.54) is 0 Å². The molecule has 2 aromatic rings. The minimum atomic E-state index is -0.524. The van der Waals surface area contributed by atoms with Gasteiger partial charge in [-0.2, -0.15) is 0 Å². The Labute approximate surface area is 157 Å². The molecule has 140 valence electrons. The molecule has 7 nitrogen and oxygen atoms in total. The summed E-state index contributed by atoms with van der Waals surface area (Å²) in [6.07, 6.45) is 0.690. The van der Waals surface area contributed by atoms with Gasteiger partial charge >= 0.3 is 6.03 Å². The molecule has 1 aliphatic carbocycles. The van der Waals surface area contributed by atoms with Gasteiger partial charge in [-0.1, -0.05) is 44.2 Å². The molecule has 0 saturated carbocycles. The molecule has 0 aliphatic heterocycles. The van der Waals surface area contributed by atoms with E-state index in [0.717, 1.165) is 5.56 Å². The maximum absolute atomic E-state index is 12.9. The average molecular weight is 366 g/mol. The van der Waals surface area contributed by atoms with Gasteiger partial charge in [-0.3, -0.25) is 20.4 Å². The fraction of sp³-hybridized carbons (Fsp3) is 0.250. The molecule has 2 aromatic carbocycles. The number of nitrogens with two attached hydrogens (primary N) is 1. The van der Waals surface area contributed by atoms with Gasteiger partial charge in [0.15, 0.2) is 11.6 Å². The predicted octanol–water partition coefficient (Wildman–Crippen LogP) is 1.81. The van der Waals surface area contributed by atoms with E-state index < -0.39 is 6.03 Å². The third-order valence-electron chi connectivity index (χ3n) is 4.91. The summed E-state index contributed by atoms with van der Waals surface area (Å²) in [6, 6.07) is 11.8. The number of hydrazine groups is 2. The van der Waals surface area contributed by atoms with Crippen LogP contribution in [0, 0.1) is 0 Å². The molecule has 0 fully saturated rings. The van der Waals surface area contributed by atoms with Crippen molar-refractivity contribution < 1.29 is 14.4 Å². The number of nitrogens with one attached hydrogen (secondary N) is 3. The Morgan fingerprint density at radius 3 is 2.19 bits per heavy atom. The van der Waals surface area contributed by atoms with Crippen molar-refractivity contribution in [1.82, 2.24) is 16.3 Å². The van der Waals surface area contributed by atoms with Crippen molar-refractivity contribution >= 4 is 17.6 Å². The molecule has 0 unspecified atom stereocenters. The number of carbonyl (C=O) groups excluding carboxylic acids is 3. The topological polar surface area (TPSA) is 113 Å². The van der Waals surface area contributed by atoms with Crippen LogP contribution < -0.4 is 22.1 Å². The molecule has 27 heavy (non-hydrogen) atoms. The summed E-state index contributed by atoms with van der Waals surface area (Å²) >= 11 is 0. The highest BCUT2D eigenvalue weighted by Crippen LogP contribution is 2.33. The Bertz CT molecular complexity index is 921. The van der Waals surface area contributed by atoms with Crippen LogP contribution in [0.25, 0.3) is 0 Å². The summed E-state index contributed by atoms with van der Waals surface area (Å²) in [5.74, 6) is 4.74. The predicted molar refractivity (Wildman–Crippen MR) is 101 cm³/mol. The fourth-order valence-electron chi connectivity index (χ4n) is 3.22. The number of fused-ring (bicyclic) bond motifs is 2. The highest BCUT2D eigenvalue weighted by molar-refractivity contribution is 6.28. The lowest BCUT2D eigenvalue weighted by Crippen LogP contribution is -2.47. The minimum Gasteiger partial charge on any atom is -0.289 e. The van der Waals surface area contributed by atoms with Crippen molar-refractivity contribution in [2.24, 2.45) is 5.84 Å². The smallest absolute Gasteiger partial charge is 0.289 e. The first-order valence-electron chi connectivity index (χ1n) is 8.67. The molecular formula is C20H22N4O3. The molecule has 2 amide bonds. The maximum atomic E-state index is 12.9. The molecule has 3 rings (SSSR count). The van der Waals surface area contributed by atoms with E-state index in [9.17, 15) is 14.4 Å². The Balaban J connectivity index is 1.82. The second-order valence-corrected chi connectivity index (χ2v) is 7.12. The van der Waals surface area contributed by atoms with Crippen LogP contribution in [0.4, 0.5) is 4.79 Å². The summed E-state index contributed by atoms with van der Waals surface area (Å²) in [4.78, 5) is 36.6. The molecular weight excluding hydrogens is 344 g/mol. The number of carbonyl (C=O) groups is 3. The summed E-state index contributed by atoms with van der Waals surface area (Å²) in [5, 5.41) is 0. The molecule has 0 aromatic heterocycles. The molecule has 7 heteroatoms. The van der Waals surface area contributed by atoms with Crippen molar-refractivity contribution in [3.8, 4) is 0 Å². The van der Waals surface area contributed by atoms with Crippen LogP contribution in [0.15, 0.2) is 42.5 Å². The van der Waals surface area contributed by atoms with Gasteiger partial charge < -0.3 is 0 Å². The third-order valence-corrected chi connectivity index (χ3v) is 4.91. The molecule has 5 N–H and O–H groups in total. The van der Waals surface area contributed by atoms with Gasteiger partial charge in [-0.15, -0.1) is 0 Å². The standard InChI is InChI=1S/C20H22N4O3/c1-20(2,9-10-22-24-19(27)23-21)12-7-8-15-16(11-12)18(26)14-6-4-3-5-13(14)17(15)25/h3-8,11,22H,9-10,21H2,1-2H3,(H2,23,24,27). The first-order valence-corrected chi connectivity index (χ1v) is 8.67. The maximum Gasteiger partial charge on any atom is 0.343 e. The first kappa shape index (κ1) is 18.8. The Kier molecular flexibility index (Phi) is 5.07. The van der Waals surface area contributed by atoms with E-state index in [0.29, 0.717) is 35.2 Å². The Morgan fingerprint density at radius 2 is 1.56 bits per heavy atom. The van der Waals surface area contributed by atoms with Crippen LogP contribution in [-0.2, 0) is 5.41 Å². The zero-order valence-corrected chi connectivity index (χ0v) is 15.3. The van der Waals surface area contributed by atoms with Gasteiger partial charge in [0.1, 0.15) is 0 Å². The van der Waals surface area contributed by atoms with E-state index in [1.54, 1.807) is 30.3 Å². The molecule has 1 aliphatic rings. The fourth-order valence-corrected chi connectivity index (χ4v) is 3.22. The van der Waals surface area contributed by atoms with Crippen molar-refractivity contribution in [3.05, 3.63) is 70.3 Å². The first-order chi connectivity index (χ1) is 12.8. The number of hydrogen-bond donors (Lipinski definition) is 4. The molecule has 0 atom stereocenters. The van der Waals surface area contributed by atoms with Gasteiger partial charge in [0.25, 0.3) is 0 Å². The third kappa shape index (κ3) is 3.60. The molecule has 0 spiro atoms. The van der Waals surface area contributed by atoms with Gasteiger partial charge in [0.2, 0.25) is 0 Å². The van der Waals surface area contributed by atoms with E-state index in [4.69, 9.17) is 5.84 Å². The highest BCUT2D eigenvalue weighted by Gasteiger charge is 2.31. The SMILES string of the molecule is CC(C)(CCNNC(=O)NN)c1ccc2c(c1)C(=O)c1ccccc1C2=O. The lowest BCUT2D eigenvalue weighted by molar-refractivity contribution is 0.0979. The number of rotatable bonds is 5. The number of urea groups is 1. The van der Waals surface area contributed by atoms with Crippen LogP contribution in [-0.4, -0.2) is 24.1 Å². The van der Waals surface area contributed by atoms with E-state index in [-0.39, 0.29) is 17.0 Å². The largest absolute Gasteiger partial charge is 0.343 e. The molecule has 0 saturated heterocycles. The van der Waals surface area contributed by atoms with E-state index in [2.05, 4.69) is 10.9 Å². The Morgan fingerprint density at radius 1 is 0.963 bits per heavy atom. The lowest BCUT2D eigenvalue weighted by atomic mass is 9.77. The minimum absolute atomic E-state index is 0.122. The van der Waals surface area contributed by atoms with Gasteiger partial charge in [-0.05, 0) is 29.5 Å². The van der Waals surface area contributed by atoms with Crippen LogP contribution >= 0.6 is 0 Å². The quantitative estimate of drug-likeness (QED) is 0.238. The van der Waals surface area contributed by atoms with Crippen LogP contribution in [0.2, 0.25) is 0 Å². The zero-order chi connectivity index (χ0) is 19.6. The summed E-state index contributed by atoms with van der Waals surface area (Å²) in [5.41, 5.74) is 9.62. The number of benzene rings is 2. The summed E-state index contributed by atoms with van der Waals surface area (Å²) in [7, 11) is 0. The monoisotopic (exact) mass is 366 g/mol. The van der Waals surface area contributed by atoms with Gasteiger partial charge in [-0.25, -0.2) is 16.1 Å². The van der Waals surface area contributed by atoms with Crippen LogP contribution in [0.1, 0.15) is 57.7 Å². The van der Waals surface area contributed by atoms with E-state index >= 15 is 0 Å². The number of amides is 2. The second kappa shape index (κ2) is 7.30.